The van der Waals surface area contributed by atoms with Crippen LogP contribution in [0.5, 0.6) is 0 Å². The van der Waals surface area contributed by atoms with Crippen molar-refractivity contribution in [2.45, 2.75) is 44.9 Å². The lowest BCUT2D eigenvalue weighted by Gasteiger charge is -2.47. The lowest BCUT2D eigenvalue weighted by Crippen LogP contribution is -2.53. The first-order chi connectivity index (χ1) is 12.6. The number of rotatable bonds is 3. The third-order valence-electron chi connectivity index (χ3n) is 5.88. The predicted octanol–water partition coefficient (Wildman–Crippen LogP) is 4.60. The fourth-order valence-electron chi connectivity index (χ4n) is 4.51. The maximum Gasteiger partial charge on any atom is 0.188 e. The normalized spacial score (nSPS) is 29.3. The second-order valence-corrected chi connectivity index (χ2v) is 7.73. The SMILES string of the molecule is CCN1CCOC2(CC(c3cccc(C)c3)CO2)C1c1ccc(C)cc1. The number of ether oxygens (including phenoxy) is 2. The molecule has 2 aromatic rings. The Balaban J connectivity index is 1.67. The Bertz CT molecular complexity index is 757. The number of aryl methyl sites for hydroxylation is 2. The fraction of sp³-hybridized carbons (Fsp3) is 0.478. The average molecular weight is 351 g/mol. The molecule has 2 heterocycles. The van der Waals surface area contributed by atoms with E-state index in [0.29, 0.717) is 5.92 Å². The number of hydrogen-bond acceptors (Lipinski definition) is 3. The van der Waals surface area contributed by atoms with Crippen LogP contribution in [0.2, 0.25) is 0 Å². The van der Waals surface area contributed by atoms with Crippen LogP contribution in [0.4, 0.5) is 0 Å². The Labute approximate surface area is 156 Å². The molecule has 26 heavy (non-hydrogen) atoms. The lowest BCUT2D eigenvalue weighted by molar-refractivity contribution is -0.274. The minimum atomic E-state index is -0.544. The van der Waals surface area contributed by atoms with Crippen LogP contribution >= 0.6 is 0 Å². The molecule has 0 amide bonds. The van der Waals surface area contributed by atoms with Crippen molar-refractivity contribution < 1.29 is 9.47 Å². The number of morpholine rings is 1. The summed E-state index contributed by atoms with van der Waals surface area (Å²) in [6.07, 6.45) is 0.908. The van der Waals surface area contributed by atoms with E-state index in [-0.39, 0.29) is 6.04 Å². The van der Waals surface area contributed by atoms with Crippen LogP contribution in [0, 0.1) is 13.8 Å². The summed E-state index contributed by atoms with van der Waals surface area (Å²) in [6.45, 7) is 9.93. The summed E-state index contributed by atoms with van der Waals surface area (Å²) < 4.78 is 12.8. The number of benzene rings is 2. The Morgan fingerprint density at radius 3 is 2.54 bits per heavy atom. The molecular formula is C23H29NO2. The van der Waals surface area contributed by atoms with E-state index < -0.39 is 5.79 Å². The second kappa shape index (κ2) is 7.15. The van der Waals surface area contributed by atoms with Crippen molar-refractivity contribution in [2.75, 3.05) is 26.3 Å². The van der Waals surface area contributed by atoms with E-state index in [9.17, 15) is 0 Å². The largest absolute Gasteiger partial charge is 0.347 e. The van der Waals surface area contributed by atoms with Gasteiger partial charge >= 0.3 is 0 Å². The molecule has 2 aliphatic rings. The Morgan fingerprint density at radius 2 is 1.81 bits per heavy atom. The van der Waals surface area contributed by atoms with Gasteiger partial charge in [0.15, 0.2) is 5.79 Å². The molecule has 2 fully saturated rings. The molecule has 0 aliphatic carbocycles. The molecule has 3 unspecified atom stereocenters. The molecule has 138 valence electrons. The van der Waals surface area contributed by atoms with Crippen molar-refractivity contribution in [3.05, 3.63) is 70.8 Å². The minimum absolute atomic E-state index is 0.150. The number of nitrogens with zero attached hydrogens (tertiary/aromatic N) is 1. The maximum atomic E-state index is 6.45. The molecule has 0 N–H and O–H groups in total. The first-order valence-electron chi connectivity index (χ1n) is 9.76. The predicted molar refractivity (Wildman–Crippen MR) is 104 cm³/mol. The van der Waals surface area contributed by atoms with Crippen LogP contribution in [-0.2, 0) is 9.47 Å². The monoisotopic (exact) mass is 351 g/mol. The summed E-state index contributed by atoms with van der Waals surface area (Å²) in [6, 6.07) is 17.8. The summed E-state index contributed by atoms with van der Waals surface area (Å²) in [5.74, 6) is -0.155. The molecule has 0 radical (unpaired) electrons. The third kappa shape index (κ3) is 3.20. The molecule has 2 aromatic carbocycles. The van der Waals surface area contributed by atoms with E-state index >= 15 is 0 Å². The van der Waals surface area contributed by atoms with Gasteiger partial charge in [-0.3, -0.25) is 4.90 Å². The summed E-state index contributed by atoms with van der Waals surface area (Å²) in [4.78, 5) is 2.51. The van der Waals surface area contributed by atoms with E-state index in [0.717, 1.165) is 32.7 Å². The molecule has 2 saturated heterocycles. The van der Waals surface area contributed by atoms with Crippen LogP contribution in [-0.4, -0.2) is 37.0 Å². The molecule has 3 nitrogen and oxygen atoms in total. The Hall–Kier alpha value is -1.68. The van der Waals surface area contributed by atoms with Gasteiger partial charge in [0.05, 0.1) is 19.3 Å². The molecule has 3 atom stereocenters. The molecule has 1 spiro atoms. The summed E-state index contributed by atoms with van der Waals surface area (Å²) in [7, 11) is 0. The maximum absolute atomic E-state index is 6.45. The molecule has 0 bridgehead atoms. The standard InChI is InChI=1S/C23H29NO2/c1-4-24-12-13-25-23(22(24)19-10-8-17(2)9-11-19)15-21(16-26-23)20-7-5-6-18(3)14-20/h5-11,14,21-22H,4,12-13,15-16H2,1-3H3. The van der Waals surface area contributed by atoms with Gasteiger partial charge in [0.2, 0.25) is 0 Å². The molecule has 2 aliphatic heterocycles. The smallest absolute Gasteiger partial charge is 0.188 e. The highest BCUT2D eigenvalue weighted by atomic mass is 16.7. The van der Waals surface area contributed by atoms with Gasteiger partial charge in [0, 0.05) is 18.9 Å². The van der Waals surface area contributed by atoms with Gasteiger partial charge in [-0.25, -0.2) is 0 Å². The first-order valence-corrected chi connectivity index (χ1v) is 9.76. The van der Waals surface area contributed by atoms with E-state index in [1.54, 1.807) is 0 Å². The van der Waals surface area contributed by atoms with E-state index in [4.69, 9.17) is 9.47 Å². The Morgan fingerprint density at radius 1 is 1.00 bits per heavy atom. The highest BCUT2D eigenvalue weighted by Crippen LogP contribution is 2.48. The van der Waals surface area contributed by atoms with Crippen molar-refractivity contribution in [3.63, 3.8) is 0 Å². The first kappa shape index (κ1) is 17.7. The van der Waals surface area contributed by atoms with Crippen LogP contribution in [0.1, 0.15) is 47.6 Å². The summed E-state index contributed by atoms with van der Waals surface area (Å²) in [5, 5.41) is 0. The lowest BCUT2D eigenvalue weighted by atomic mass is 9.87. The van der Waals surface area contributed by atoms with Gasteiger partial charge < -0.3 is 9.47 Å². The quantitative estimate of drug-likeness (QED) is 0.807. The van der Waals surface area contributed by atoms with Crippen molar-refractivity contribution in [2.24, 2.45) is 0 Å². The highest BCUT2D eigenvalue weighted by Gasteiger charge is 2.52. The van der Waals surface area contributed by atoms with Crippen molar-refractivity contribution in [3.8, 4) is 0 Å². The van der Waals surface area contributed by atoms with Gasteiger partial charge in [-0.1, -0.05) is 66.6 Å². The van der Waals surface area contributed by atoms with Crippen molar-refractivity contribution in [1.29, 1.82) is 0 Å². The Kier molecular flexibility index (Phi) is 4.87. The molecule has 3 heteroatoms. The third-order valence-corrected chi connectivity index (χ3v) is 5.88. The zero-order valence-electron chi connectivity index (χ0n) is 16.1. The van der Waals surface area contributed by atoms with Crippen LogP contribution in [0.15, 0.2) is 48.5 Å². The van der Waals surface area contributed by atoms with Crippen molar-refractivity contribution >= 4 is 0 Å². The zero-order chi connectivity index (χ0) is 18.1. The fourth-order valence-corrected chi connectivity index (χ4v) is 4.51. The van der Waals surface area contributed by atoms with Crippen LogP contribution in [0.25, 0.3) is 0 Å². The van der Waals surface area contributed by atoms with Gasteiger partial charge in [-0.15, -0.1) is 0 Å². The van der Waals surface area contributed by atoms with E-state index in [2.05, 4.69) is 74.2 Å². The molecule has 4 rings (SSSR count). The molecular weight excluding hydrogens is 322 g/mol. The molecule has 0 saturated carbocycles. The summed E-state index contributed by atoms with van der Waals surface area (Å²) >= 11 is 0. The van der Waals surface area contributed by atoms with E-state index in [1.165, 1.54) is 22.3 Å². The minimum Gasteiger partial charge on any atom is -0.347 e. The average Bonchev–Trinajstić information content (AvgIpc) is 3.07. The van der Waals surface area contributed by atoms with Crippen LogP contribution in [0.3, 0.4) is 0 Å². The van der Waals surface area contributed by atoms with Gasteiger partial charge in [0.25, 0.3) is 0 Å². The van der Waals surface area contributed by atoms with Crippen molar-refractivity contribution in [1.82, 2.24) is 4.90 Å². The number of hydrogen-bond donors (Lipinski definition) is 0. The number of likely N-dealkylation sites (N-methyl/N-ethyl adjacent to an activating group) is 1. The van der Waals surface area contributed by atoms with Gasteiger partial charge in [-0.2, -0.15) is 0 Å². The second-order valence-electron chi connectivity index (χ2n) is 7.73. The van der Waals surface area contributed by atoms with Crippen LogP contribution < -0.4 is 0 Å². The summed E-state index contributed by atoms with van der Waals surface area (Å²) in [5.41, 5.74) is 5.25. The van der Waals surface area contributed by atoms with E-state index in [1.807, 2.05) is 0 Å². The van der Waals surface area contributed by atoms with Gasteiger partial charge in [-0.05, 0) is 31.5 Å². The topological polar surface area (TPSA) is 21.7 Å². The molecule has 0 aromatic heterocycles. The zero-order valence-corrected chi connectivity index (χ0v) is 16.1. The highest BCUT2D eigenvalue weighted by molar-refractivity contribution is 5.30. The van der Waals surface area contributed by atoms with Gasteiger partial charge in [0.1, 0.15) is 0 Å².